The highest BCUT2D eigenvalue weighted by molar-refractivity contribution is 7.99. The van der Waals surface area contributed by atoms with Crippen molar-refractivity contribution >= 4 is 28.5 Å². The van der Waals surface area contributed by atoms with Crippen molar-refractivity contribution in [3.8, 4) is 0 Å². The van der Waals surface area contributed by atoms with E-state index in [0.29, 0.717) is 11.5 Å². The normalized spacial score (nSPS) is 11.0. The van der Waals surface area contributed by atoms with Crippen LogP contribution in [0.25, 0.3) is 11.0 Å². The number of Topliss-reactive ketones (excluding diaryl/α,β-unsaturated/α-hetero) is 1. The Morgan fingerprint density at radius 1 is 1.05 bits per heavy atom. The number of benzene rings is 2. The van der Waals surface area contributed by atoms with Gasteiger partial charge in [-0.15, -0.1) is 11.8 Å². The van der Waals surface area contributed by atoms with E-state index in [1.54, 1.807) is 17.8 Å². The van der Waals surface area contributed by atoms with Crippen molar-refractivity contribution < 1.29 is 14.3 Å². The molecule has 0 aliphatic carbocycles. The first-order chi connectivity index (χ1) is 10.8. The van der Waals surface area contributed by atoms with Crippen LogP contribution < -0.4 is 0 Å². The Bertz CT molecular complexity index is 759. The third-order valence-electron chi connectivity index (χ3n) is 3.38. The summed E-state index contributed by atoms with van der Waals surface area (Å²) < 4.78 is 5.57. The van der Waals surface area contributed by atoms with Crippen LogP contribution in [0, 0.1) is 0 Å². The molecule has 4 heteroatoms. The highest BCUT2D eigenvalue weighted by atomic mass is 32.2. The number of para-hydroxylation sites is 1. The predicted octanol–water partition coefficient (Wildman–Crippen LogP) is 4.04. The van der Waals surface area contributed by atoms with Gasteiger partial charge in [0.25, 0.3) is 0 Å². The van der Waals surface area contributed by atoms with E-state index >= 15 is 0 Å². The number of aliphatic hydroxyl groups is 1. The standard InChI is InChI=1S/C18H16O3S/c19-10-13-4-3-5-14(8-13)11-22-12-16(20)18-9-15-6-1-2-7-17(15)21-18/h1-9,19H,10-12H2. The fourth-order valence-electron chi connectivity index (χ4n) is 2.27. The molecule has 0 atom stereocenters. The van der Waals surface area contributed by atoms with Gasteiger partial charge in [0.05, 0.1) is 12.4 Å². The van der Waals surface area contributed by atoms with Crippen molar-refractivity contribution in [1.82, 2.24) is 0 Å². The van der Waals surface area contributed by atoms with Gasteiger partial charge in [-0.2, -0.15) is 0 Å². The summed E-state index contributed by atoms with van der Waals surface area (Å²) >= 11 is 1.55. The molecule has 0 bridgehead atoms. The van der Waals surface area contributed by atoms with Gasteiger partial charge in [0, 0.05) is 11.1 Å². The van der Waals surface area contributed by atoms with E-state index in [1.165, 1.54) is 0 Å². The molecule has 0 saturated heterocycles. The molecule has 2 aromatic carbocycles. The molecule has 1 heterocycles. The molecule has 0 radical (unpaired) electrons. The number of thioether (sulfide) groups is 1. The summed E-state index contributed by atoms with van der Waals surface area (Å²) in [7, 11) is 0. The van der Waals surface area contributed by atoms with E-state index in [0.717, 1.165) is 27.8 Å². The number of hydrogen-bond donors (Lipinski definition) is 1. The lowest BCUT2D eigenvalue weighted by molar-refractivity contribution is 0.0994. The SMILES string of the molecule is O=C(CSCc1cccc(CO)c1)c1cc2ccccc2o1. The van der Waals surface area contributed by atoms with Gasteiger partial charge < -0.3 is 9.52 Å². The Kier molecular flexibility index (Phi) is 4.61. The predicted molar refractivity (Wildman–Crippen MR) is 89.1 cm³/mol. The zero-order valence-corrected chi connectivity index (χ0v) is 12.8. The molecule has 112 valence electrons. The molecular formula is C18H16O3S. The average molecular weight is 312 g/mol. The first kappa shape index (κ1) is 14.9. The van der Waals surface area contributed by atoms with E-state index in [9.17, 15) is 4.79 Å². The molecule has 0 aliphatic heterocycles. The molecule has 0 spiro atoms. The smallest absolute Gasteiger partial charge is 0.207 e. The average Bonchev–Trinajstić information content (AvgIpc) is 2.99. The van der Waals surface area contributed by atoms with Crippen LogP contribution in [0.1, 0.15) is 21.7 Å². The van der Waals surface area contributed by atoms with Gasteiger partial charge in [-0.25, -0.2) is 0 Å². The van der Waals surface area contributed by atoms with Gasteiger partial charge in [-0.3, -0.25) is 4.79 Å². The van der Waals surface area contributed by atoms with Crippen LogP contribution in [-0.2, 0) is 12.4 Å². The van der Waals surface area contributed by atoms with Crippen molar-refractivity contribution in [3.05, 3.63) is 71.5 Å². The second kappa shape index (κ2) is 6.81. The number of ketones is 1. The van der Waals surface area contributed by atoms with Crippen molar-refractivity contribution in [1.29, 1.82) is 0 Å². The first-order valence-corrected chi connectivity index (χ1v) is 8.20. The summed E-state index contributed by atoms with van der Waals surface area (Å²) in [4.78, 5) is 12.2. The third kappa shape index (κ3) is 3.40. The highest BCUT2D eigenvalue weighted by Gasteiger charge is 2.12. The van der Waals surface area contributed by atoms with E-state index in [1.807, 2.05) is 48.5 Å². The number of carbonyl (C=O) groups is 1. The number of fused-ring (bicyclic) bond motifs is 1. The van der Waals surface area contributed by atoms with Gasteiger partial charge >= 0.3 is 0 Å². The summed E-state index contributed by atoms with van der Waals surface area (Å²) in [6.07, 6.45) is 0. The number of furan rings is 1. The molecule has 3 aromatic rings. The zero-order valence-electron chi connectivity index (χ0n) is 12.0. The van der Waals surface area contributed by atoms with Gasteiger partial charge in [0.15, 0.2) is 5.76 Å². The lowest BCUT2D eigenvalue weighted by atomic mass is 10.1. The summed E-state index contributed by atoms with van der Waals surface area (Å²) in [6, 6.07) is 17.2. The molecule has 0 fully saturated rings. The summed E-state index contributed by atoms with van der Waals surface area (Å²) in [5.41, 5.74) is 2.74. The Balaban J connectivity index is 1.60. The largest absolute Gasteiger partial charge is 0.453 e. The van der Waals surface area contributed by atoms with Crippen LogP contribution >= 0.6 is 11.8 Å². The molecule has 0 amide bonds. The third-order valence-corrected chi connectivity index (χ3v) is 4.38. The van der Waals surface area contributed by atoms with Crippen molar-refractivity contribution in [2.24, 2.45) is 0 Å². The Morgan fingerprint density at radius 3 is 2.68 bits per heavy atom. The van der Waals surface area contributed by atoms with Gasteiger partial charge in [-0.05, 0) is 23.3 Å². The highest BCUT2D eigenvalue weighted by Crippen LogP contribution is 2.21. The lowest BCUT2D eigenvalue weighted by Crippen LogP contribution is -2.01. The van der Waals surface area contributed by atoms with Crippen molar-refractivity contribution in [2.75, 3.05) is 5.75 Å². The lowest BCUT2D eigenvalue weighted by Gasteiger charge is -2.03. The van der Waals surface area contributed by atoms with Crippen LogP contribution in [0.5, 0.6) is 0 Å². The number of carbonyl (C=O) groups excluding carboxylic acids is 1. The summed E-state index contributed by atoms with van der Waals surface area (Å²) in [6.45, 7) is 0.0381. The fourth-order valence-corrected chi connectivity index (χ4v) is 3.11. The maximum atomic E-state index is 12.2. The second-order valence-corrected chi connectivity index (χ2v) is 6.03. The van der Waals surface area contributed by atoms with Gasteiger partial charge in [0.2, 0.25) is 5.78 Å². The van der Waals surface area contributed by atoms with E-state index in [2.05, 4.69) is 0 Å². The molecule has 3 nitrogen and oxygen atoms in total. The van der Waals surface area contributed by atoms with Gasteiger partial charge in [0.1, 0.15) is 5.58 Å². The first-order valence-electron chi connectivity index (χ1n) is 7.04. The molecule has 0 saturated carbocycles. The van der Waals surface area contributed by atoms with E-state index < -0.39 is 0 Å². The Labute approximate surface area is 133 Å². The summed E-state index contributed by atoms with van der Waals surface area (Å²) in [5.74, 6) is 1.53. The minimum atomic E-state index is -0.000451. The Morgan fingerprint density at radius 2 is 1.86 bits per heavy atom. The minimum Gasteiger partial charge on any atom is -0.453 e. The van der Waals surface area contributed by atoms with Crippen LogP contribution in [0.3, 0.4) is 0 Å². The second-order valence-electron chi connectivity index (χ2n) is 5.04. The molecule has 0 aliphatic rings. The number of hydrogen-bond acceptors (Lipinski definition) is 4. The van der Waals surface area contributed by atoms with E-state index in [4.69, 9.17) is 9.52 Å². The topological polar surface area (TPSA) is 50.4 Å². The van der Waals surface area contributed by atoms with Crippen LogP contribution in [0.4, 0.5) is 0 Å². The Hall–Kier alpha value is -2.04. The van der Waals surface area contributed by atoms with Crippen LogP contribution in [0.2, 0.25) is 0 Å². The fraction of sp³-hybridized carbons (Fsp3) is 0.167. The van der Waals surface area contributed by atoms with Crippen molar-refractivity contribution in [2.45, 2.75) is 12.4 Å². The molecule has 1 aromatic heterocycles. The van der Waals surface area contributed by atoms with E-state index in [-0.39, 0.29) is 12.4 Å². The quantitative estimate of drug-likeness (QED) is 0.698. The summed E-state index contributed by atoms with van der Waals surface area (Å²) in [5, 5.41) is 10.1. The molecule has 0 unspecified atom stereocenters. The maximum absolute atomic E-state index is 12.2. The molecule has 22 heavy (non-hydrogen) atoms. The minimum absolute atomic E-state index is 0.000451. The molecule has 1 N–H and O–H groups in total. The van der Waals surface area contributed by atoms with Crippen LogP contribution in [-0.4, -0.2) is 16.6 Å². The van der Waals surface area contributed by atoms with Crippen molar-refractivity contribution in [3.63, 3.8) is 0 Å². The monoisotopic (exact) mass is 312 g/mol. The zero-order chi connectivity index (χ0) is 15.4. The number of aliphatic hydroxyl groups excluding tert-OH is 1. The number of rotatable bonds is 6. The molecular weight excluding hydrogens is 296 g/mol. The molecule has 3 rings (SSSR count). The van der Waals surface area contributed by atoms with Gasteiger partial charge in [-0.1, -0.05) is 42.5 Å². The van der Waals surface area contributed by atoms with Crippen LogP contribution in [0.15, 0.2) is 59.0 Å². The maximum Gasteiger partial charge on any atom is 0.207 e.